The Balaban J connectivity index is 1.63. The summed E-state index contributed by atoms with van der Waals surface area (Å²) in [5.41, 5.74) is -0.557. The van der Waals surface area contributed by atoms with Gasteiger partial charge in [0.05, 0.1) is 6.07 Å². The summed E-state index contributed by atoms with van der Waals surface area (Å²) in [6.07, 6.45) is 6.95. The molecule has 0 atom stereocenters. The maximum Gasteiger partial charge on any atom is 0.243 e. The minimum Gasteiger partial charge on any atom is -0.342 e. The average Bonchev–Trinajstić information content (AvgIpc) is 3.08. The van der Waals surface area contributed by atoms with Crippen molar-refractivity contribution in [2.45, 2.75) is 58.3 Å². The summed E-state index contributed by atoms with van der Waals surface area (Å²) >= 11 is 0. The Bertz CT molecular complexity index is 523. The zero-order chi connectivity index (χ0) is 16.5. The smallest absolute Gasteiger partial charge is 0.243 e. The highest BCUT2D eigenvalue weighted by molar-refractivity contribution is 5.86. The quantitative estimate of drug-likeness (QED) is 0.785. The molecule has 2 heterocycles. The Morgan fingerprint density at radius 3 is 2.39 bits per heavy atom. The number of amides is 2. The third-order valence-corrected chi connectivity index (χ3v) is 6.32. The van der Waals surface area contributed by atoms with Crippen molar-refractivity contribution in [3.05, 3.63) is 0 Å². The van der Waals surface area contributed by atoms with E-state index < -0.39 is 5.41 Å². The lowest BCUT2D eigenvalue weighted by Gasteiger charge is -2.48. The minimum atomic E-state index is -0.748. The number of likely N-dealkylation sites (tertiary alicyclic amines) is 2. The summed E-state index contributed by atoms with van der Waals surface area (Å²) in [6, 6.07) is 2.32. The Hall–Kier alpha value is -1.57. The van der Waals surface area contributed by atoms with Crippen molar-refractivity contribution in [1.82, 2.24) is 9.80 Å². The highest BCUT2D eigenvalue weighted by atomic mass is 16.2. The topological polar surface area (TPSA) is 64.4 Å². The van der Waals surface area contributed by atoms with Crippen molar-refractivity contribution in [2.75, 3.05) is 26.2 Å². The van der Waals surface area contributed by atoms with Gasteiger partial charge in [-0.25, -0.2) is 0 Å². The van der Waals surface area contributed by atoms with E-state index in [1.165, 1.54) is 0 Å². The molecule has 3 rings (SSSR count). The molecule has 0 aromatic rings. The van der Waals surface area contributed by atoms with Gasteiger partial charge in [0.2, 0.25) is 11.8 Å². The van der Waals surface area contributed by atoms with Gasteiger partial charge in [0.1, 0.15) is 5.41 Å². The van der Waals surface area contributed by atoms with Crippen LogP contribution in [0.4, 0.5) is 0 Å². The fourth-order valence-corrected chi connectivity index (χ4v) is 4.64. The highest BCUT2D eigenvalue weighted by Gasteiger charge is 2.47. The van der Waals surface area contributed by atoms with E-state index >= 15 is 0 Å². The molecule has 23 heavy (non-hydrogen) atoms. The fourth-order valence-electron chi connectivity index (χ4n) is 4.64. The van der Waals surface area contributed by atoms with E-state index in [0.29, 0.717) is 6.42 Å². The lowest BCUT2D eigenvalue weighted by Crippen LogP contribution is -2.54. The standard InChI is InChI=1S/C18H27N3O2/c1-2-20-14-17(8-5-15(20)22)9-11-21(12-10-17)16(23)18(13-19)6-3-4-7-18/h2-12,14H2,1H3. The molecular formula is C18H27N3O2. The van der Waals surface area contributed by atoms with E-state index in [1.54, 1.807) is 0 Å². The van der Waals surface area contributed by atoms with E-state index in [4.69, 9.17) is 0 Å². The molecule has 2 aliphatic heterocycles. The average molecular weight is 317 g/mol. The lowest BCUT2D eigenvalue weighted by molar-refractivity contribution is -0.146. The number of rotatable bonds is 2. The third-order valence-electron chi connectivity index (χ3n) is 6.32. The number of hydrogen-bond donors (Lipinski definition) is 0. The first kappa shape index (κ1) is 16.3. The SMILES string of the molecule is CCN1CC2(CCC1=O)CCN(C(=O)C1(C#N)CCCC1)CC2. The maximum absolute atomic E-state index is 12.8. The van der Waals surface area contributed by atoms with Gasteiger partial charge < -0.3 is 9.80 Å². The molecule has 5 heteroatoms. The summed E-state index contributed by atoms with van der Waals surface area (Å²) < 4.78 is 0. The second kappa shape index (κ2) is 6.14. The van der Waals surface area contributed by atoms with Crippen LogP contribution in [0, 0.1) is 22.2 Å². The van der Waals surface area contributed by atoms with Gasteiger partial charge in [-0.2, -0.15) is 5.26 Å². The molecule has 126 valence electrons. The molecule has 0 radical (unpaired) electrons. The second-order valence-corrected chi connectivity index (χ2v) is 7.60. The predicted molar refractivity (Wildman–Crippen MR) is 86.2 cm³/mol. The van der Waals surface area contributed by atoms with Gasteiger partial charge in [-0.3, -0.25) is 9.59 Å². The molecule has 0 unspecified atom stereocenters. The van der Waals surface area contributed by atoms with Gasteiger partial charge in [0, 0.05) is 32.6 Å². The van der Waals surface area contributed by atoms with Gasteiger partial charge in [0.25, 0.3) is 0 Å². The number of carbonyl (C=O) groups is 2. The lowest BCUT2D eigenvalue weighted by atomic mass is 9.72. The monoisotopic (exact) mass is 317 g/mol. The van der Waals surface area contributed by atoms with Crippen LogP contribution < -0.4 is 0 Å². The molecule has 0 aromatic heterocycles. The van der Waals surface area contributed by atoms with Crippen molar-refractivity contribution in [2.24, 2.45) is 10.8 Å². The van der Waals surface area contributed by atoms with Crippen LogP contribution in [0.2, 0.25) is 0 Å². The Morgan fingerprint density at radius 2 is 1.83 bits per heavy atom. The Morgan fingerprint density at radius 1 is 1.17 bits per heavy atom. The van der Waals surface area contributed by atoms with Gasteiger partial charge in [0.15, 0.2) is 0 Å². The summed E-state index contributed by atoms with van der Waals surface area (Å²) in [5.74, 6) is 0.331. The zero-order valence-corrected chi connectivity index (χ0v) is 14.1. The fraction of sp³-hybridized carbons (Fsp3) is 0.833. The zero-order valence-electron chi connectivity index (χ0n) is 14.1. The molecule has 3 aliphatic rings. The van der Waals surface area contributed by atoms with Crippen LogP contribution in [0.25, 0.3) is 0 Å². The van der Waals surface area contributed by atoms with Crippen molar-refractivity contribution in [3.63, 3.8) is 0 Å². The van der Waals surface area contributed by atoms with Crippen LogP contribution in [0.3, 0.4) is 0 Å². The van der Waals surface area contributed by atoms with Crippen LogP contribution in [0.15, 0.2) is 0 Å². The number of carbonyl (C=O) groups excluding carboxylic acids is 2. The predicted octanol–water partition coefficient (Wildman–Crippen LogP) is 2.32. The maximum atomic E-state index is 12.8. The van der Waals surface area contributed by atoms with E-state index in [2.05, 4.69) is 6.07 Å². The summed E-state index contributed by atoms with van der Waals surface area (Å²) in [6.45, 7) is 5.14. The van der Waals surface area contributed by atoms with Crippen molar-refractivity contribution >= 4 is 11.8 Å². The molecule has 0 aromatic carbocycles. The number of nitriles is 1. The highest BCUT2D eigenvalue weighted by Crippen LogP contribution is 2.43. The Labute approximate surface area is 138 Å². The van der Waals surface area contributed by atoms with Crippen LogP contribution in [0.5, 0.6) is 0 Å². The largest absolute Gasteiger partial charge is 0.342 e. The molecule has 1 saturated carbocycles. The third kappa shape index (κ3) is 2.84. The van der Waals surface area contributed by atoms with Gasteiger partial charge in [-0.15, -0.1) is 0 Å². The van der Waals surface area contributed by atoms with Crippen LogP contribution >= 0.6 is 0 Å². The molecule has 2 amide bonds. The minimum absolute atomic E-state index is 0.0617. The number of nitrogens with zero attached hydrogens (tertiary/aromatic N) is 3. The van der Waals surface area contributed by atoms with Crippen molar-refractivity contribution in [1.29, 1.82) is 5.26 Å². The molecular weight excluding hydrogens is 290 g/mol. The molecule has 1 spiro atoms. The van der Waals surface area contributed by atoms with E-state index in [9.17, 15) is 14.9 Å². The molecule has 3 fully saturated rings. The summed E-state index contributed by atoms with van der Waals surface area (Å²) in [7, 11) is 0. The van der Waals surface area contributed by atoms with Gasteiger partial charge in [-0.1, -0.05) is 12.8 Å². The molecule has 2 saturated heterocycles. The number of piperidine rings is 2. The Kier molecular flexibility index (Phi) is 4.35. The van der Waals surface area contributed by atoms with Crippen molar-refractivity contribution < 1.29 is 9.59 Å². The van der Waals surface area contributed by atoms with Crippen LogP contribution in [-0.2, 0) is 9.59 Å². The molecule has 0 bridgehead atoms. The normalized spacial score (nSPS) is 26.3. The molecule has 5 nitrogen and oxygen atoms in total. The first-order valence-electron chi connectivity index (χ1n) is 9.03. The van der Waals surface area contributed by atoms with E-state index in [0.717, 1.165) is 71.1 Å². The second-order valence-electron chi connectivity index (χ2n) is 7.60. The summed E-state index contributed by atoms with van der Waals surface area (Å²) in [4.78, 5) is 28.6. The molecule has 1 aliphatic carbocycles. The van der Waals surface area contributed by atoms with Crippen molar-refractivity contribution in [3.8, 4) is 6.07 Å². The number of hydrogen-bond acceptors (Lipinski definition) is 3. The first-order chi connectivity index (χ1) is 11.0. The van der Waals surface area contributed by atoms with Crippen LogP contribution in [-0.4, -0.2) is 47.8 Å². The van der Waals surface area contributed by atoms with Gasteiger partial charge in [-0.05, 0) is 44.4 Å². The van der Waals surface area contributed by atoms with E-state index in [-0.39, 0.29) is 17.2 Å². The van der Waals surface area contributed by atoms with E-state index in [1.807, 2.05) is 16.7 Å². The van der Waals surface area contributed by atoms with Crippen LogP contribution in [0.1, 0.15) is 58.3 Å². The first-order valence-corrected chi connectivity index (χ1v) is 9.03. The van der Waals surface area contributed by atoms with Gasteiger partial charge >= 0.3 is 0 Å². The molecule has 0 N–H and O–H groups in total. The summed E-state index contributed by atoms with van der Waals surface area (Å²) in [5, 5.41) is 9.51.